The van der Waals surface area contributed by atoms with Gasteiger partial charge in [-0.2, -0.15) is 28.8 Å². The second-order valence-corrected chi connectivity index (χ2v) is 8.55. The summed E-state index contributed by atoms with van der Waals surface area (Å²) in [5, 5.41) is 3.68. The summed E-state index contributed by atoms with van der Waals surface area (Å²) in [6.45, 7) is 7.93. The molecular formula is C12H27N3O2S2. The lowest BCUT2D eigenvalue weighted by Gasteiger charge is -2.32. The van der Waals surface area contributed by atoms with Crippen molar-refractivity contribution in [1.29, 1.82) is 0 Å². The molecule has 114 valence electrons. The van der Waals surface area contributed by atoms with Crippen molar-refractivity contribution in [2.45, 2.75) is 31.9 Å². The Bertz CT molecular complexity index is 349. The number of thioether (sulfide) groups is 1. The number of hydrogen-bond acceptors (Lipinski definition) is 4. The summed E-state index contributed by atoms with van der Waals surface area (Å²) in [6.07, 6.45) is 1.96. The molecule has 5 nitrogen and oxygen atoms in total. The fourth-order valence-corrected chi connectivity index (χ4v) is 4.75. The molecule has 1 aliphatic heterocycles. The van der Waals surface area contributed by atoms with Gasteiger partial charge in [-0.1, -0.05) is 13.8 Å². The molecule has 7 heteroatoms. The molecule has 0 bridgehead atoms. The summed E-state index contributed by atoms with van der Waals surface area (Å²) in [5.74, 6) is 0.895. The maximum absolute atomic E-state index is 12.4. The van der Waals surface area contributed by atoms with Crippen molar-refractivity contribution in [3.05, 3.63) is 0 Å². The zero-order valence-electron chi connectivity index (χ0n) is 12.3. The van der Waals surface area contributed by atoms with E-state index < -0.39 is 10.2 Å². The van der Waals surface area contributed by atoms with Gasteiger partial charge in [0.1, 0.15) is 0 Å². The number of rotatable bonds is 8. The summed E-state index contributed by atoms with van der Waals surface area (Å²) in [6, 6.07) is 0. The van der Waals surface area contributed by atoms with Crippen LogP contribution in [-0.2, 0) is 10.2 Å². The molecule has 0 aromatic carbocycles. The van der Waals surface area contributed by atoms with Crippen LogP contribution in [0, 0.1) is 0 Å². The Labute approximate surface area is 122 Å². The van der Waals surface area contributed by atoms with E-state index in [1.54, 1.807) is 11.4 Å². The van der Waals surface area contributed by atoms with E-state index in [-0.39, 0.29) is 0 Å². The second-order valence-electron chi connectivity index (χ2n) is 4.97. The van der Waals surface area contributed by atoms with Gasteiger partial charge in [-0.25, -0.2) is 0 Å². The molecule has 0 amide bonds. The van der Waals surface area contributed by atoms with E-state index in [1.807, 2.05) is 11.8 Å². The Balaban J connectivity index is 2.38. The van der Waals surface area contributed by atoms with Crippen LogP contribution in [0.25, 0.3) is 0 Å². The third-order valence-electron chi connectivity index (χ3n) is 3.18. The molecule has 0 saturated carbocycles. The van der Waals surface area contributed by atoms with Crippen LogP contribution >= 0.6 is 11.8 Å². The third-order valence-corrected chi connectivity index (χ3v) is 6.27. The molecule has 1 heterocycles. The number of nitrogens with zero attached hydrogens (tertiary/aromatic N) is 2. The van der Waals surface area contributed by atoms with Crippen LogP contribution in [0.4, 0.5) is 0 Å². The van der Waals surface area contributed by atoms with Gasteiger partial charge >= 0.3 is 0 Å². The molecular weight excluding hydrogens is 282 g/mol. The molecule has 1 fully saturated rings. The molecule has 0 spiro atoms. The first kappa shape index (κ1) is 17.2. The summed E-state index contributed by atoms with van der Waals surface area (Å²) >= 11 is 1.84. The van der Waals surface area contributed by atoms with Crippen molar-refractivity contribution in [3.8, 4) is 0 Å². The van der Waals surface area contributed by atoms with Crippen LogP contribution < -0.4 is 5.32 Å². The summed E-state index contributed by atoms with van der Waals surface area (Å²) in [7, 11) is -1.58. The lowest BCUT2D eigenvalue weighted by atomic mass is 10.4. The lowest BCUT2D eigenvalue weighted by Crippen LogP contribution is -2.47. The van der Waals surface area contributed by atoms with E-state index in [0.29, 0.717) is 24.9 Å². The van der Waals surface area contributed by atoms with Gasteiger partial charge in [0.2, 0.25) is 0 Å². The van der Waals surface area contributed by atoms with Crippen molar-refractivity contribution in [2.24, 2.45) is 0 Å². The molecule has 0 aromatic heterocycles. The van der Waals surface area contributed by atoms with E-state index in [2.05, 4.69) is 19.2 Å². The van der Waals surface area contributed by atoms with Crippen molar-refractivity contribution >= 4 is 22.0 Å². The highest BCUT2D eigenvalue weighted by atomic mass is 32.2. The van der Waals surface area contributed by atoms with E-state index >= 15 is 0 Å². The molecule has 1 rings (SSSR count). The van der Waals surface area contributed by atoms with Crippen molar-refractivity contribution in [1.82, 2.24) is 13.9 Å². The molecule has 19 heavy (non-hydrogen) atoms. The Morgan fingerprint density at radius 3 is 2.79 bits per heavy atom. The fourth-order valence-electron chi connectivity index (χ4n) is 2.04. The summed E-state index contributed by atoms with van der Waals surface area (Å²) in [4.78, 5) is 0. The summed E-state index contributed by atoms with van der Waals surface area (Å²) < 4.78 is 27.9. The predicted molar refractivity (Wildman–Crippen MR) is 82.8 cm³/mol. The zero-order chi connectivity index (χ0) is 14.3. The lowest BCUT2D eigenvalue weighted by molar-refractivity contribution is 0.362. The van der Waals surface area contributed by atoms with Gasteiger partial charge in [0.15, 0.2) is 0 Å². The van der Waals surface area contributed by atoms with Gasteiger partial charge in [0.25, 0.3) is 10.2 Å². The molecule has 0 aliphatic carbocycles. The predicted octanol–water partition coefficient (Wildman–Crippen LogP) is 0.990. The fraction of sp³-hybridized carbons (Fsp3) is 1.00. The van der Waals surface area contributed by atoms with Crippen molar-refractivity contribution < 1.29 is 8.42 Å². The highest BCUT2D eigenvalue weighted by Gasteiger charge is 2.30. The molecule has 1 saturated heterocycles. The Morgan fingerprint density at radius 2 is 2.16 bits per heavy atom. The maximum atomic E-state index is 12.4. The SMILES string of the molecule is CCCNCCCN(C)S(=O)(=O)N1CCSC(C)C1. The topological polar surface area (TPSA) is 52.7 Å². The van der Waals surface area contributed by atoms with Crippen LogP contribution in [0.2, 0.25) is 0 Å². The third kappa shape index (κ3) is 5.59. The Kier molecular flexibility index (Phi) is 7.68. The van der Waals surface area contributed by atoms with Gasteiger partial charge in [-0.3, -0.25) is 0 Å². The molecule has 1 atom stereocenters. The van der Waals surface area contributed by atoms with Crippen LogP contribution in [0.3, 0.4) is 0 Å². The van der Waals surface area contributed by atoms with E-state index in [4.69, 9.17) is 0 Å². The minimum atomic E-state index is -3.26. The van der Waals surface area contributed by atoms with Gasteiger partial charge < -0.3 is 5.32 Å². The first-order chi connectivity index (χ1) is 8.98. The molecule has 0 radical (unpaired) electrons. The minimum Gasteiger partial charge on any atom is -0.317 e. The molecule has 1 aliphatic rings. The van der Waals surface area contributed by atoms with E-state index in [1.165, 1.54) is 4.31 Å². The largest absolute Gasteiger partial charge is 0.317 e. The average molecular weight is 310 g/mol. The monoisotopic (exact) mass is 309 g/mol. The minimum absolute atomic E-state index is 0.392. The Hall–Kier alpha value is 0.180. The smallest absolute Gasteiger partial charge is 0.281 e. The second kappa shape index (κ2) is 8.46. The highest BCUT2D eigenvalue weighted by molar-refractivity contribution is 8.00. The number of hydrogen-bond donors (Lipinski definition) is 1. The Morgan fingerprint density at radius 1 is 1.42 bits per heavy atom. The standard InChI is InChI=1S/C12H27N3O2S2/c1-4-6-13-7-5-8-14(3)19(16,17)15-9-10-18-12(2)11-15/h12-13H,4-11H2,1-3H3. The maximum Gasteiger partial charge on any atom is 0.281 e. The normalized spacial score (nSPS) is 22.0. The molecule has 1 N–H and O–H groups in total. The van der Waals surface area contributed by atoms with Crippen LogP contribution in [0.15, 0.2) is 0 Å². The van der Waals surface area contributed by atoms with Gasteiger partial charge in [0.05, 0.1) is 0 Å². The first-order valence-electron chi connectivity index (χ1n) is 7.02. The van der Waals surface area contributed by atoms with E-state index in [0.717, 1.165) is 31.7 Å². The van der Waals surface area contributed by atoms with Crippen LogP contribution in [-0.4, -0.2) is 67.8 Å². The average Bonchev–Trinajstić information content (AvgIpc) is 2.38. The van der Waals surface area contributed by atoms with Crippen LogP contribution in [0.1, 0.15) is 26.7 Å². The quantitative estimate of drug-likeness (QED) is 0.680. The highest BCUT2D eigenvalue weighted by Crippen LogP contribution is 2.21. The van der Waals surface area contributed by atoms with Gasteiger partial charge in [-0.15, -0.1) is 0 Å². The van der Waals surface area contributed by atoms with Gasteiger partial charge in [-0.05, 0) is 25.9 Å². The zero-order valence-corrected chi connectivity index (χ0v) is 13.9. The first-order valence-corrected chi connectivity index (χ1v) is 9.46. The van der Waals surface area contributed by atoms with Crippen molar-refractivity contribution in [2.75, 3.05) is 45.5 Å². The van der Waals surface area contributed by atoms with Crippen LogP contribution in [0.5, 0.6) is 0 Å². The van der Waals surface area contributed by atoms with Gasteiger partial charge in [0, 0.05) is 37.7 Å². The van der Waals surface area contributed by atoms with Crippen molar-refractivity contribution in [3.63, 3.8) is 0 Å². The number of nitrogens with one attached hydrogen (secondary N) is 1. The van der Waals surface area contributed by atoms with E-state index in [9.17, 15) is 8.42 Å². The molecule has 1 unspecified atom stereocenters. The summed E-state index contributed by atoms with van der Waals surface area (Å²) in [5.41, 5.74) is 0. The molecule has 0 aromatic rings.